The van der Waals surface area contributed by atoms with Crippen LogP contribution in [-0.4, -0.2) is 42.8 Å². The summed E-state index contributed by atoms with van der Waals surface area (Å²) in [6, 6.07) is 12.1. The molecule has 3 aliphatic rings. The van der Waals surface area contributed by atoms with E-state index in [1.807, 2.05) is 12.1 Å². The van der Waals surface area contributed by atoms with Crippen molar-refractivity contribution in [1.82, 2.24) is 16.0 Å². The van der Waals surface area contributed by atoms with Crippen LogP contribution in [0.25, 0.3) is 0 Å². The Morgan fingerprint density at radius 1 is 1.25 bits per heavy atom. The molecule has 0 bridgehead atoms. The Morgan fingerprint density at radius 2 is 2.12 bits per heavy atom. The summed E-state index contributed by atoms with van der Waals surface area (Å²) in [5.41, 5.74) is 2.71. The van der Waals surface area contributed by atoms with Crippen LogP contribution in [-0.2, 0) is 21.6 Å². The molecule has 3 aliphatic heterocycles. The van der Waals surface area contributed by atoms with E-state index in [0.717, 1.165) is 23.4 Å². The molecule has 0 aromatic heterocycles. The Hall–Kier alpha value is -3.88. The molecule has 2 aromatic carbocycles. The lowest BCUT2D eigenvalue weighted by atomic mass is 9.91. The van der Waals surface area contributed by atoms with Crippen LogP contribution >= 0.6 is 0 Å². The zero-order valence-electron chi connectivity index (χ0n) is 17.4. The smallest absolute Gasteiger partial charge is 0.322 e. The van der Waals surface area contributed by atoms with Crippen LogP contribution in [0.15, 0.2) is 47.6 Å². The van der Waals surface area contributed by atoms with Crippen LogP contribution < -0.4 is 20.7 Å². The average Bonchev–Trinajstić information content (AvgIpc) is 3.51. The summed E-state index contributed by atoms with van der Waals surface area (Å²) in [5, 5.41) is 11.9. The Kier molecular flexibility index (Phi) is 4.80. The maximum atomic E-state index is 12.7. The maximum absolute atomic E-state index is 12.7. The summed E-state index contributed by atoms with van der Waals surface area (Å²) in [6.45, 7) is 2.59. The number of imide groups is 1. The Balaban J connectivity index is 1.20. The average molecular weight is 434 g/mol. The standard InChI is InChI=1S/C23H22N4O5/c1-23(21(29)25-22(30)26-23)16-4-2-3-15(10-16)20(28)24-12-17-11-18(27-32-17)13-5-6-19-14(9-13)7-8-31-19/h2-6,9-10,17H,7-8,11-12H2,1H3,(H,24,28)(H2,25,26,29,30). The molecule has 4 amide bonds. The van der Waals surface area contributed by atoms with Gasteiger partial charge in [0.2, 0.25) is 0 Å². The van der Waals surface area contributed by atoms with E-state index in [4.69, 9.17) is 9.57 Å². The topological polar surface area (TPSA) is 118 Å². The van der Waals surface area contributed by atoms with Crippen LogP contribution in [0.2, 0.25) is 0 Å². The zero-order chi connectivity index (χ0) is 22.3. The van der Waals surface area contributed by atoms with Crippen LogP contribution in [0.5, 0.6) is 5.75 Å². The molecule has 3 heterocycles. The largest absolute Gasteiger partial charge is 0.493 e. The number of nitrogens with zero attached hydrogens (tertiary/aromatic N) is 1. The molecule has 2 aromatic rings. The minimum atomic E-state index is -1.22. The lowest BCUT2D eigenvalue weighted by Gasteiger charge is -2.21. The van der Waals surface area contributed by atoms with Crippen LogP contribution in [0.1, 0.15) is 40.4 Å². The highest BCUT2D eigenvalue weighted by molar-refractivity contribution is 6.07. The summed E-state index contributed by atoms with van der Waals surface area (Å²) in [5.74, 6) is 0.164. The predicted octanol–water partition coefficient (Wildman–Crippen LogP) is 1.60. The number of ether oxygens (including phenoxy) is 1. The molecule has 164 valence electrons. The second kappa shape index (κ2) is 7.67. The molecule has 0 radical (unpaired) electrons. The zero-order valence-corrected chi connectivity index (χ0v) is 17.4. The van der Waals surface area contributed by atoms with E-state index < -0.39 is 17.5 Å². The third-order valence-electron chi connectivity index (χ3n) is 5.99. The van der Waals surface area contributed by atoms with E-state index >= 15 is 0 Å². The number of fused-ring (bicyclic) bond motifs is 1. The lowest BCUT2D eigenvalue weighted by molar-refractivity contribution is -0.123. The number of hydrogen-bond acceptors (Lipinski definition) is 6. The van der Waals surface area contributed by atoms with E-state index in [0.29, 0.717) is 30.7 Å². The normalized spacial score (nSPS) is 23.5. The molecule has 32 heavy (non-hydrogen) atoms. The third kappa shape index (κ3) is 3.55. The second-order valence-corrected chi connectivity index (χ2v) is 8.21. The molecular formula is C23H22N4O5. The highest BCUT2D eigenvalue weighted by Crippen LogP contribution is 2.28. The first-order valence-electron chi connectivity index (χ1n) is 10.4. The van der Waals surface area contributed by atoms with E-state index in [1.165, 1.54) is 5.56 Å². The number of benzene rings is 2. The number of rotatable bonds is 5. The van der Waals surface area contributed by atoms with Crippen molar-refractivity contribution in [2.24, 2.45) is 5.16 Å². The van der Waals surface area contributed by atoms with Crippen molar-refractivity contribution in [3.05, 3.63) is 64.7 Å². The minimum absolute atomic E-state index is 0.265. The maximum Gasteiger partial charge on any atom is 0.322 e. The van der Waals surface area contributed by atoms with Gasteiger partial charge < -0.3 is 20.2 Å². The van der Waals surface area contributed by atoms with Gasteiger partial charge in [-0.3, -0.25) is 14.9 Å². The number of carbonyl (C=O) groups is 3. The van der Waals surface area contributed by atoms with Gasteiger partial charge >= 0.3 is 6.03 Å². The van der Waals surface area contributed by atoms with Gasteiger partial charge in [-0.1, -0.05) is 17.3 Å². The van der Waals surface area contributed by atoms with Crippen molar-refractivity contribution >= 4 is 23.6 Å². The molecule has 0 aliphatic carbocycles. The van der Waals surface area contributed by atoms with E-state index in [9.17, 15) is 14.4 Å². The van der Waals surface area contributed by atoms with E-state index in [-0.39, 0.29) is 12.0 Å². The fourth-order valence-electron chi connectivity index (χ4n) is 4.10. The van der Waals surface area contributed by atoms with Gasteiger partial charge in [0.25, 0.3) is 11.8 Å². The lowest BCUT2D eigenvalue weighted by Crippen LogP contribution is -2.40. The molecule has 9 heteroatoms. The fraction of sp³-hybridized carbons (Fsp3) is 0.304. The number of oxime groups is 1. The summed E-state index contributed by atoms with van der Waals surface area (Å²) < 4.78 is 5.54. The highest BCUT2D eigenvalue weighted by Gasteiger charge is 2.43. The quantitative estimate of drug-likeness (QED) is 0.618. The van der Waals surface area contributed by atoms with Gasteiger partial charge in [0.1, 0.15) is 17.4 Å². The number of urea groups is 1. The van der Waals surface area contributed by atoms with Gasteiger partial charge in [-0.15, -0.1) is 0 Å². The van der Waals surface area contributed by atoms with E-state index in [2.05, 4.69) is 27.2 Å². The summed E-state index contributed by atoms with van der Waals surface area (Å²) in [4.78, 5) is 41.9. The first-order valence-corrected chi connectivity index (χ1v) is 10.4. The molecule has 1 fully saturated rings. The number of amides is 4. The molecule has 5 rings (SSSR count). The Morgan fingerprint density at radius 3 is 2.94 bits per heavy atom. The molecule has 2 unspecified atom stereocenters. The van der Waals surface area contributed by atoms with Crippen LogP contribution in [0, 0.1) is 0 Å². The molecule has 2 atom stereocenters. The van der Waals surface area contributed by atoms with Gasteiger partial charge in [-0.25, -0.2) is 4.79 Å². The monoisotopic (exact) mass is 434 g/mol. The third-order valence-corrected chi connectivity index (χ3v) is 5.99. The Bertz CT molecular complexity index is 1160. The highest BCUT2D eigenvalue weighted by atomic mass is 16.6. The second-order valence-electron chi connectivity index (χ2n) is 8.21. The number of nitrogens with one attached hydrogen (secondary N) is 3. The SMILES string of the molecule is CC1(c2cccc(C(=O)NCC3CC(c4ccc5c(c4)CCO5)=NO3)c2)NC(=O)NC1=O. The van der Waals surface area contributed by atoms with Crippen molar-refractivity contribution in [3.63, 3.8) is 0 Å². The van der Waals surface area contributed by atoms with Crippen molar-refractivity contribution in [3.8, 4) is 5.75 Å². The van der Waals surface area contributed by atoms with E-state index in [1.54, 1.807) is 31.2 Å². The van der Waals surface area contributed by atoms with Crippen molar-refractivity contribution in [2.45, 2.75) is 31.4 Å². The first-order chi connectivity index (χ1) is 15.4. The molecule has 0 spiro atoms. The van der Waals surface area contributed by atoms with Crippen molar-refractivity contribution in [2.75, 3.05) is 13.2 Å². The van der Waals surface area contributed by atoms with Crippen LogP contribution in [0.3, 0.4) is 0 Å². The number of hydrogen-bond donors (Lipinski definition) is 3. The molecule has 9 nitrogen and oxygen atoms in total. The fourth-order valence-corrected chi connectivity index (χ4v) is 4.10. The van der Waals surface area contributed by atoms with Crippen LogP contribution in [0.4, 0.5) is 4.79 Å². The van der Waals surface area contributed by atoms with Crippen molar-refractivity contribution < 1.29 is 24.0 Å². The molecule has 0 saturated carbocycles. The van der Waals surface area contributed by atoms with Gasteiger partial charge in [0, 0.05) is 18.4 Å². The van der Waals surface area contributed by atoms with Crippen molar-refractivity contribution in [1.29, 1.82) is 0 Å². The van der Waals surface area contributed by atoms with Gasteiger partial charge in [-0.2, -0.15) is 0 Å². The molecule has 1 saturated heterocycles. The molecule has 3 N–H and O–H groups in total. The summed E-state index contributed by atoms with van der Waals surface area (Å²) >= 11 is 0. The summed E-state index contributed by atoms with van der Waals surface area (Å²) in [7, 11) is 0. The minimum Gasteiger partial charge on any atom is -0.493 e. The molecular weight excluding hydrogens is 412 g/mol. The number of carbonyl (C=O) groups excluding carboxylic acids is 3. The Labute approximate surface area is 184 Å². The first kappa shape index (κ1) is 20.0. The van der Waals surface area contributed by atoms with Gasteiger partial charge in [-0.05, 0) is 53.9 Å². The predicted molar refractivity (Wildman–Crippen MR) is 114 cm³/mol. The summed E-state index contributed by atoms with van der Waals surface area (Å²) in [6.07, 6.45) is 1.21. The van der Waals surface area contributed by atoms with Gasteiger partial charge in [0.05, 0.1) is 18.9 Å². The van der Waals surface area contributed by atoms with Gasteiger partial charge in [0.15, 0.2) is 0 Å².